The zero-order chi connectivity index (χ0) is 19.6. The SMILES string of the molecule is C=C1c2ccccc2C(=O)N1CC(=O)OCc1cc(C(C)=O)ccc1OC. The molecule has 138 valence electrons. The Hall–Kier alpha value is -3.41. The van der Waals surface area contributed by atoms with Crippen molar-refractivity contribution in [1.29, 1.82) is 0 Å². The van der Waals surface area contributed by atoms with E-state index < -0.39 is 5.97 Å². The fraction of sp³-hybridized carbons (Fsp3) is 0.190. The van der Waals surface area contributed by atoms with Gasteiger partial charge in [-0.1, -0.05) is 24.8 Å². The Bertz CT molecular complexity index is 912. The van der Waals surface area contributed by atoms with Crippen LogP contribution in [0.2, 0.25) is 0 Å². The largest absolute Gasteiger partial charge is 0.496 e. The lowest BCUT2D eigenvalue weighted by Gasteiger charge is -2.17. The van der Waals surface area contributed by atoms with Gasteiger partial charge in [0.1, 0.15) is 18.9 Å². The van der Waals surface area contributed by atoms with Crippen LogP contribution in [0.15, 0.2) is 49.0 Å². The summed E-state index contributed by atoms with van der Waals surface area (Å²) in [6.07, 6.45) is 0. The summed E-state index contributed by atoms with van der Waals surface area (Å²) in [5, 5.41) is 0. The summed E-state index contributed by atoms with van der Waals surface area (Å²) in [6, 6.07) is 12.0. The van der Waals surface area contributed by atoms with Crippen LogP contribution in [0.5, 0.6) is 5.75 Å². The van der Waals surface area contributed by atoms with E-state index >= 15 is 0 Å². The van der Waals surface area contributed by atoms with Gasteiger partial charge < -0.3 is 9.47 Å². The number of nitrogens with zero attached hydrogens (tertiary/aromatic N) is 1. The number of amides is 1. The number of Topliss-reactive ketones (excluding diaryl/α,β-unsaturated/α-hetero) is 1. The summed E-state index contributed by atoms with van der Waals surface area (Å²) < 4.78 is 10.5. The van der Waals surface area contributed by atoms with Crippen LogP contribution in [0.25, 0.3) is 5.70 Å². The van der Waals surface area contributed by atoms with Crippen molar-refractivity contribution in [3.05, 3.63) is 71.3 Å². The first-order chi connectivity index (χ1) is 12.9. The minimum atomic E-state index is -0.576. The van der Waals surface area contributed by atoms with E-state index in [1.54, 1.807) is 36.4 Å². The molecule has 1 heterocycles. The first-order valence-corrected chi connectivity index (χ1v) is 8.36. The average Bonchev–Trinajstić information content (AvgIpc) is 2.91. The van der Waals surface area contributed by atoms with Gasteiger partial charge in [0, 0.05) is 28.0 Å². The number of methoxy groups -OCH3 is 1. The first-order valence-electron chi connectivity index (χ1n) is 8.36. The van der Waals surface area contributed by atoms with Gasteiger partial charge >= 0.3 is 5.97 Å². The van der Waals surface area contributed by atoms with Crippen molar-refractivity contribution in [1.82, 2.24) is 4.90 Å². The van der Waals surface area contributed by atoms with Crippen LogP contribution in [-0.2, 0) is 16.1 Å². The van der Waals surface area contributed by atoms with Crippen molar-refractivity contribution in [2.75, 3.05) is 13.7 Å². The van der Waals surface area contributed by atoms with E-state index in [0.29, 0.717) is 33.7 Å². The van der Waals surface area contributed by atoms with Crippen LogP contribution < -0.4 is 4.74 Å². The minimum absolute atomic E-state index is 0.0649. The lowest BCUT2D eigenvalue weighted by molar-refractivity contribution is -0.145. The fourth-order valence-corrected chi connectivity index (χ4v) is 2.95. The smallest absolute Gasteiger partial charge is 0.326 e. The van der Waals surface area contributed by atoms with Crippen LogP contribution in [0, 0.1) is 0 Å². The maximum absolute atomic E-state index is 12.4. The molecule has 0 aliphatic carbocycles. The van der Waals surface area contributed by atoms with Crippen LogP contribution in [0.4, 0.5) is 0 Å². The molecule has 2 aromatic carbocycles. The summed E-state index contributed by atoms with van der Waals surface area (Å²) in [6.45, 7) is 5.06. The summed E-state index contributed by atoms with van der Waals surface area (Å²) in [7, 11) is 1.50. The van der Waals surface area contributed by atoms with Crippen molar-refractivity contribution in [2.24, 2.45) is 0 Å². The second-order valence-corrected chi connectivity index (χ2v) is 6.13. The number of rotatable bonds is 6. The molecule has 0 aromatic heterocycles. The molecule has 6 heteroatoms. The Balaban J connectivity index is 1.68. The van der Waals surface area contributed by atoms with Gasteiger partial charge in [-0.3, -0.25) is 19.3 Å². The summed E-state index contributed by atoms with van der Waals surface area (Å²) in [4.78, 5) is 37.5. The van der Waals surface area contributed by atoms with Gasteiger partial charge in [0.25, 0.3) is 5.91 Å². The predicted octanol–water partition coefficient (Wildman–Crippen LogP) is 3.07. The summed E-state index contributed by atoms with van der Waals surface area (Å²) in [5.41, 5.74) is 2.79. The van der Waals surface area contributed by atoms with Gasteiger partial charge in [0.2, 0.25) is 0 Å². The maximum Gasteiger partial charge on any atom is 0.326 e. The molecule has 0 bridgehead atoms. The second kappa shape index (κ2) is 7.45. The van der Waals surface area contributed by atoms with Crippen LogP contribution >= 0.6 is 0 Å². The van der Waals surface area contributed by atoms with Crippen LogP contribution in [-0.4, -0.2) is 36.2 Å². The third-order valence-corrected chi connectivity index (χ3v) is 4.40. The Morgan fingerprint density at radius 2 is 1.81 bits per heavy atom. The monoisotopic (exact) mass is 365 g/mol. The average molecular weight is 365 g/mol. The van der Waals surface area contributed by atoms with Gasteiger partial charge in [-0.2, -0.15) is 0 Å². The normalized spacial score (nSPS) is 12.7. The highest BCUT2D eigenvalue weighted by Gasteiger charge is 2.32. The zero-order valence-electron chi connectivity index (χ0n) is 15.2. The third-order valence-electron chi connectivity index (χ3n) is 4.40. The lowest BCUT2D eigenvalue weighted by Crippen LogP contribution is -2.30. The number of esters is 1. The second-order valence-electron chi connectivity index (χ2n) is 6.13. The van der Waals surface area contributed by atoms with E-state index in [1.165, 1.54) is 18.9 Å². The van der Waals surface area contributed by atoms with Gasteiger partial charge in [-0.25, -0.2) is 0 Å². The van der Waals surface area contributed by atoms with Crippen molar-refractivity contribution in [3.63, 3.8) is 0 Å². The van der Waals surface area contributed by atoms with Gasteiger partial charge in [-0.05, 0) is 31.2 Å². The van der Waals surface area contributed by atoms with Crippen molar-refractivity contribution in [2.45, 2.75) is 13.5 Å². The molecule has 1 aliphatic rings. The molecule has 0 radical (unpaired) electrons. The quantitative estimate of drug-likeness (QED) is 0.581. The molecule has 0 N–H and O–H groups in total. The van der Waals surface area contributed by atoms with Crippen molar-refractivity contribution >= 4 is 23.4 Å². The molecular weight excluding hydrogens is 346 g/mol. The molecule has 27 heavy (non-hydrogen) atoms. The summed E-state index contributed by atoms with van der Waals surface area (Å²) in [5.74, 6) is -0.430. The van der Waals surface area contributed by atoms with Gasteiger partial charge in [0.15, 0.2) is 5.78 Å². The van der Waals surface area contributed by atoms with Crippen molar-refractivity contribution < 1.29 is 23.9 Å². The van der Waals surface area contributed by atoms with Gasteiger partial charge in [-0.15, -0.1) is 0 Å². The molecule has 1 aliphatic heterocycles. The topological polar surface area (TPSA) is 72.9 Å². The molecule has 1 amide bonds. The first kappa shape index (κ1) is 18.4. The fourth-order valence-electron chi connectivity index (χ4n) is 2.95. The minimum Gasteiger partial charge on any atom is -0.496 e. The van der Waals surface area contributed by atoms with Crippen LogP contribution in [0.3, 0.4) is 0 Å². The molecule has 0 atom stereocenters. The van der Waals surface area contributed by atoms with E-state index in [1.807, 2.05) is 6.07 Å². The number of hydrogen-bond donors (Lipinski definition) is 0. The molecular formula is C21H19NO5. The molecule has 3 rings (SSSR count). The van der Waals surface area contributed by atoms with E-state index in [2.05, 4.69) is 6.58 Å². The van der Waals surface area contributed by atoms with Crippen molar-refractivity contribution in [3.8, 4) is 5.75 Å². The molecule has 0 saturated heterocycles. The number of carbonyl (C=O) groups excluding carboxylic acids is 3. The lowest BCUT2D eigenvalue weighted by atomic mass is 10.1. The van der Waals surface area contributed by atoms with Gasteiger partial charge in [0.05, 0.1) is 7.11 Å². The Labute approximate surface area is 157 Å². The Morgan fingerprint density at radius 1 is 1.11 bits per heavy atom. The third kappa shape index (κ3) is 3.60. The van der Waals surface area contributed by atoms with Crippen LogP contribution in [0.1, 0.15) is 38.8 Å². The number of carbonyl (C=O) groups is 3. The predicted molar refractivity (Wildman–Crippen MR) is 99.3 cm³/mol. The number of hydrogen-bond acceptors (Lipinski definition) is 5. The van der Waals surface area contributed by atoms with E-state index in [0.717, 1.165) is 0 Å². The molecule has 0 saturated carbocycles. The number of benzene rings is 2. The standard InChI is InChI=1S/C21H19NO5/c1-13-17-6-4-5-7-18(17)21(25)22(13)11-20(24)27-12-16-10-15(14(2)23)8-9-19(16)26-3/h4-10H,1,11-12H2,2-3H3. The molecule has 0 unspecified atom stereocenters. The molecule has 0 spiro atoms. The maximum atomic E-state index is 12.4. The Morgan fingerprint density at radius 3 is 2.44 bits per heavy atom. The van der Waals surface area contributed by atoms with E-state index in [4.69, 9.17) is 9.47 Å². The Kier molecular flexibility index (Phi) is 5.07. The highest BCUT2D eigenvalue weighted by atomic mass is 16.5. The molecule has 6 nitrogen and oxygen atoms in total. The molecule has 0 fully saturated rings. The zero-order valence-corrected chi connectivity index (χ0v) is 15.2. The highest BCUT2D eigenvalue weighted by molar-refractivity contribution is 6.10. The molecule has 2 aromatic rings. The highest BCUT2D eigenvalue weighted by Crippen LogP contribution is 2.31. The summed E-state index contributed by atoms with van der Waals surface area (Å²) >= 11 is 0. The van der Waals surface area contributed by atoms with E-state index in [-0.39, 0.29) is 24.8 Å². The number of fused-ring (bicyclic) bond motifs is 1. The van der Waals surface area contributed by atoms with E-state index in [9.17, 15) is 14.4 Å². The number of ether oxygens (including phenoxy) is 2. The number of ketones is 1.